The second-order valence-electron chi connectivity index (χ2n) is 4.78. The minimum atomic E-state index is -1.94. The maximum absolute atomic E-state index is 10.6. The van der Waals surface area contributed by atoms with Gasteiger partial charge in [0.1, 0.15) is 18.3 Å². The summed E-state index contributed by atoms with van der Waals surface area (Å²) in [5.41, 5.74) is 6.48. The molecule has 6 nitrogen and oxygen atoms in total. The van der Waals surface area contributed by atoms with E-state index in [1.54, 1.807) is 31.2 Å². The number of benzene rings is 1. The highest BCUT2D eigenvalue weighted by molar-refractivity contribution is 5.41. The zero-order valence-corrected chi connectivity index (χ0v) is 10.9. The van der Waals surface area contributed by atoms with Gasteiger partial charge >= 0.3 is 0 Å². The molecule has 1 aromatic carbocycles. The van der Waals surface area contributed by atoms with Crippen LogP contribution in [0.4, 0.5) is 5.69 Å². The van der Waals surface area contributed by atoms with Gasteiger partial charge in [0, 0.05) is 18.4 Å². The minimum absolute atomic E-state index is 0.356. The Balaban J connectivity index is 2.38. The van der Waals surface area contributed by atoms with E-state index in [9.17, 15) is 15.3 Å². The molecule has 0 spiro atoms. The Bertz CT molecular complexity index is 437. The third-order valence-electron chi connectivity index (χ3n) is 3.49. The number of anilines is 1. The monoisotopic (exact) mass is 269 g/mol. The minimum Gasteiger partial charge on any atom is -0.399 e. The molecule has 0 aliphatic carbocycles. The Morgan fingerprint density at radius 2 is 1.84 bits per heavy atom. The van der Waals surface area contributed by atoms with Gasteiger partial charge in [-0.3, -0.25) is 0 Å². The number of methoxy groups -OCH3 is 1. The van der Waals surface area contributed by atoms with Gasteiger partial charge in [-0.15, -0.1) is 0 Å². The average Bonchev–Trinajstić information content (AvgIpc) is 2.38. The predicted molar refractivity (Wildman–Crippen MR) is 68.1 cm³/mol. The second-order valence-corrected chi connectivity index (χ2v) is 4.78. The van der Waals surface area contributed by atoms with Gasteiger partial charge in [-0.1, -0.05) is 12.1 Å². The van der Waals surface area contributed by atoms with Crippen molar-refractivity contribution >= 4 is 5.69 Å². The van der Waals surface area contributed by atoms with Gasteiger partial charge in [0.2, 0.25) is 5.79 Å². The van der Waals surface area contributed by atoms with E-state index in [-0.39, 0.29) is 0 Å². The summed E-state index contributed by atoms with van der Waals surface area (Å²) >= 11 is 0. The Hall–Kier alpha value is -1.18. The average molecular weight is 269 g/mol. The summed E-state index contributed by atoms with van der Waals surface area (Å²) in [7, 11) is 1.36. The van der Waals surface area contributed by atoms with Crippen LogP contribution < -0.4 is 5.73 Å². The molecule has 0 unspecified atom stereocenters. The number of ether oxygens (including phenoxy) is 2. The van der Waals surface area contributed by atoms with Crippen molar-refractivity contribution in [3.63, 3.8) is 0 Å². The quantitative estimate of drug-likeness (QED) is 0.543. The molecule has 5 atom stereocenters. The summed E-state index contributed by atoms with van der Waals surface area (Å²) in [5, 5.41) is 30.7. The van der Waals surface area contributed by atoms with Crippen molar-refractivity contribution in [1.29, 1.82) is 0 Å². The lowest BCUT2D eigenvalue weighted by molar-refractivity contribution is -0.354. The number of aliphatic hydroxyl groups excluding tert-OH is 2. The number of nitrogen functional groups attached to an aromatic ring is 1. The molecule has 1 aromatic rings. The van der Waals surface area contributed by atoms with Crippen LogP contribution in [0.2, 0.25) is 0 Å². The van der Waals surface area contributed by atoms with E-state index < -0.39 is 30.2 Å². The molecule has 0 saturated carbocycles. The van der Waals surface area contributed by atoms with Crippen molar-refractivity contribution < 1.29 is 24.8 Å². The van der Waals surface area contributed by atoms with E-state index in [2.05, 4.69) is 0 Å². The molecule has 106 valence electrons. The van der Waals surface area contributed by atoms with Crippen LogP contribution in [0.15, 0.2) is 24.3 Å². The lowest BCUT2D eigenvalue weighted by Crippen LogP contribution is -2.62. The van der Waals surface area contributed by atoms with Crippen LogP contribution in [0.5, 0.6) is 0 Å². The second kappa shape index (κ2) is 5.07. The van der Waals surface area contributed by atoms with Gasteiger partial charge in [0.25, 0.3) is 0 Å². The number of aliphatic hydroxyl groups is 3. The van der Waals surface area contributed by atoms with Crippen molar-refractivity contribution in [3.05, 3.63) is 29.8 Å². The highest BCUT2D eigenvalue weighted by Crippen LogP contribution is 2.37. The zero-order valence-electron chi connectivity index (χ0n) is 10.9. The van der Waals surface area contributed by atoms with E-state index in [0.29, 0.717) is 11.3 Å². The highest BCUT2D eigenvalue weighted by atomic mass is 16.7. The van der Waals surface area contributed by atoms with Gasteiger partial charge in [-0.25, -0.2) is 0 Å². The lowest BCUT2D eigenvalue weighted by atomic mass is 9.88. The molecule has 0 aromatic heterocycles. The van der Waals surface area contributed by atoms with Crippen LogP contribution >= 0.6 is 0 Å². The molecule has 1 aliphatic heterocycles. The molecule has 2 rings (SSSR count). The summed E-state index contributed by atoms with van der Waals surface area (Å²) in [6, 6.07) is 6.33. The fraction of sp³-hybridized carbons (Fsp3) is 0.538. The predicted octanol–water partition coefficient (Wildman–Crippen LogP) is -0.431. The van der Waals surface area contributed by atoms with Crippen LogP contribution in [0.3, 0.4) is 0 Å². The molecule has 5 N–H and O–H groups in total. The van der Waals surface area contributed by atoms with Crippen LogP contribution in [0, 0.1) is 0 Å². The van der Waals surface area contributed by atoms with E-state index >= 15 is 0 Å². The van der Waals surface area contributed by atoms with Crippen LogP contribution in [-0.2, 0) is 15.3 Å². The van der Waals surface area contributed by atoms with Crippen molar-refractivity contribution in [2.75, 3.05) is 12.8 Å². The molecule has 1 saturated heterocycles. The summed E-state index contributed by atoms with van der Waals surface area (Å²) in [6.07, 6.45) is -4.05. The van der Waals surface area contributed by atoms with Crippen LogP contribution in [0.1, 0.15) is 12.5 Å². The van der Waals surface area contributed by atoms with E-state index in [0.717, 1.165) is 0 Å². The molecule has 6 heteroatoms. The normalized spacial score (nSPS) is 39.2. The van der Waals surface area contributed by atoms with Crippen molar-refractivity contribution in [1.82, 2.24) is 0 Å². The first-order chi connectivity index (χ1) is 8.90. The molecule has 1 fully saturated rings. The number of nitrogens with two attached hydrogens (primary N) is 1. The number of hydrogen-bond donors (Lipinski definition) is 4. The standard InChI is InChI=1S/C13H19NO5/c1-7-10(15)11(18-2)12(16)13(17,19-7)8-3-5-9(14)6-4-8/h3-7,10-12,15-17H,14H2,1-2H3/t7-,10+,11+,12-,13-/m0/s1. The largest absolute Gasteiger partial charge is 0.399 e. The smallest absolute Gasteiger partial charge is 0.222 e. The Morgan fingerprint density at radius 3 is 2.37 bits per heavy atom. The first kappa shape index (κ1) is 14.2. The van der Waals surface area contributed by atoms with Crippen molar-refractivity contribution in [3.8, 4) is 0 Å². The Labute approximate surface area is 111 Å². The zero-order chi connectivity index (χ0) is 14.2. The van der Waals surface area contributed by atoms with Gasteiger partial charge in [-0.2, -0.15) is 0 Å². The molecule has 19 heavy (non-hydrogen) atoms. The molecular formula is C13H19NO5. The molecule has 0 radical (unpaired) electrons. The van der Waals surface area contributed by atoms with E-state index in [1.807, 2.05) is 0 Å². The number of hydrogen-bond acceptors (Lipinski definition) is 6. The highest BCUT2D eigenvalue weighted by Gasteiger charge is 2.53. The first-order valence-electron chi connectivity index (χ1n) is 6.05. The summed E-state index contributed by atoms with van der Waals surface area (Å²) in [6.45, 7) is 1.60. The molecule has 0 amide bonds. The molecular weight excluding hydrogens is 250 g/mol. The Morgan fingerprint density at radius 1 is 1.26 bits per heavy atom. The summed E-state index contributed by atoms with van der Waals surface area (Å²) in [4.78, 5) is 0. The number of rotatable bonds is 2. The molecule has 1 heterocycles. The lowest BCUT2D eigenvalue weighted by Gasteiger charge is -2.46. The Kier molecular flexibility index (Phi) is 3.80. The molecule has 1 aliphatic rings. The van der Waals surface area contributed by atoms with Crippen LogP contribution in [0.25, 0.3) is 0 Å². The topological polar surface area (TPSA) is 105 Å². The SMILES string of the molecule is CO[C@@H]1[C@H](O)[C@H](C)O[C@@](O)(c2ccc(N)cc2)[C@H]1O. The van der Waals surface area contributed by atoms with E-state index in [4.69, 9.17) is 15.2 Å². The third kappa shape index (κ3) is 2.33. The van der Waals surface area contributed by atoms with Crippen molar-refractivity contribution in [2.45, 2.75) is 37.1 Å². The first-order valence-corrected chi connectivity index (χ1v) is 6.05. The van der Waals surface area contributed by atoms with Gasteiger partial charge in [0.05, 0.1) is 6.10 Å². The van der Waals surface area contributed by atoms with Gasteiger partial charge in [0.15, 0.2) is 0 Å². The fourth-order valence-corrected chi connectivity index (χ4v) is 2.33. The van der Waals surface area contributed by atoms with Gasteiger partial charge < -0.3 is 30.5 Å². The van der Waals surface area contributed by atoms with Gasteiger partial charge in [-0.05, 0) is 19.1 Å². The summed E-state index contributed by atoms with van der Waals surface area (Å²) < 4.78 is 10.5. The third-order valence-corrected chi connectivity index (χ3v) is 3.49. The maximum atomic E-state index is 10.6. The summed E-state index contributed by atoms with van der Waals surface area (Å²) in [5.74, 6) is -1.94. The van der Waals surface area contributed by atoms with Crippen LogP contribution in [-0.4, -0.2) is 46.8 Å². The maximum Gasteiger partial charge on any atom is 0.222 e. The van der Waals surface area contributed by atoms with E-state index in [1.165, 1.54) is 7.11 Å². The molecule has 0 bridgehead atoms. The fourth-order valence-electron chi connectivity index (χ4n) is 2.33. The van der Waals surface area contributed by atoms with Crippen molar-refractivity contribution in [2.24, 2.45) is 0 Å².